The van der Waals surface area contributed by atoms with Gasteiger partial charge in [0.05, 0.1) is 25.2 Å². The number of nitrogens with one attached hydrogen (secondary N) is 2. The van der Waals surface area contributed by atoms with Gasteiger partial charge in [0, 0.05) is 13.1 Å². The van der Waals surface area contributed by atoms with Crippen molar-refractivity contribution in [2.45, 2.75) is 20.0 Å². The third-order valence-electron chi connectivity index (χ3n) is 3.63. The predicted octanol–water partition coefficient (Wildman–Crippen LogP) is 4.48. The summed E-state index contributed by atoms with van der Waals surface area (Å²) >= 11 is 3.49. The molecule has 148 valence electrons. The molecule has 2 N–H and O–H groups in total. The maximum atomic E-state index is 13.0. The van der Waals surface area contributed by atoms with Crippen LogP contribution in [0.2, 0.25) is 0 Å². The molecule has 0 aliphatic rings. The van der Waals surface area contributed by atoms with E-state index >= 15 is 0 Å². The molecule has 5 nitrogen and oxygen atoms in total. The zero-order chi connectivity index (χ0) is 18.9. The molecule has 0 unspecified atom stereocenters. The first-order valence-corrected chi connectivity index (χ1v) is 9.03. The fraction of sp³-hybridized carbons (Fsp3) is 0.316. The first kappa shape index (κ1) is 23.5. The van der Waals surface area contributed by atoms with Gasteiger partial charge in [0.25, 0.3) is 0 Å². The summed E-state index contributed by atoms with van der Waals surface area (Å²) in [7, 11) is 3.20. The van der Waals surface area contributed by atoms with Crippen LogP contribution in [-0.4, -0.2) is 26.7 Å². The van der Waals surface area contributed by atoms with E-state index in [0.717, 1.165) is 22.1 Å². The first-order chi connectivity index (χ1) is 12.6. The Morgan fingerprint density at radius 1 is 1.07 bits per heavy atom. The number of benzene rings is 2. The van der Waals surface area contributed by atoms with Gasteiger partial charge in [-0.1, -0.05) is 12.1 Å². The van der Waals surface area contributed by atoms with Crippen LogP contribution >= 0.6 is 39.9 Å². The summed E-state index contributed by atoms with van der Waals surface area (Å²) < 4.78 is 24.5. The zero-order valence-electron chi connectivity index (χ0n) is 15.5. The molecule has 2 aromatic carbocycles. The Labute approximate surface area is 184 Å². The van der Waals surface area contributed by atoms with Crippen molar-refractivity contribution in [1.82, 2.24) is 10.6 Å². The summed E-state index contributed by atoms with van der Waals surface area (Å²) in [5.41, 5.74) is 1.96. The fourth-order valence-electron chi connectivity index (χ4n) is 2.36. The molecule has 8 heteroatoms. The molecule has 2 aromatic rings. The largest absolute Gasteiger partial charge is 0.493 e. The van der Waals surface area contributed by atoms with Crippen molar-refractivity contribution in [3.05, 3.63) is 57.8 Å². The van der Waals surface area contributed by atoms with E-state index < -0.39 is 0 Å². The Morgan fingerprint density at radius 3 is 2.37 bits per heavy atom. The number of nitrogens with zero attached hydrogens (tertiary/aromatic N) is 1. The Kier molecular flexibility index (Phi) is 10.5. The van der Waals surface area contributed by atoms with E-state index in [9.17, 15) is 4.39 Å². The molecular formula is C19H24BrFIN3O2. The Hall–Kier alpha value is -1.55. The minimum Gasteiger partial charge on any atom is -0.493 e. The van der Waals surface area contributed by atoms with Gasteiger partial charge < -0.3 is 20.1 Å². The van der Waals surface area contributed by atoms with Gasteiger partial charge >= 0.3 is 0 Å². The molecule has 0 atom stereocenters. The van der Waals surface area contributed by atoms with Gasteiger partial charge in [-0.2, -0.15) is 0 Å². The van der Waals surface area contributed by atoms with Crippen LogP contribution in [0, 0.1) is 5.82 Å². The molecule has 0 saturated heterocycles. The summed E-state index contributed by atoms with van der Waals surface area (Å²) in [4.78, 5) is 4.59. The number of aliphatic imine (C=N–C) groups is 1. The van der Waals surface area contributed by atoms with Gasteiger partial charge in [-0.15, -0.1) is 24.0 Å². The van der Waals surface area contributed by atoms with E-state index in [4.69, 9.17) is 9.47 Å². The molecule has 0 fully saturated rings. The summed E-state index contributed by atoms with van der Waals surface area (Å²) in [6.07, 6.45) is 0. The van der Waals surface area contributed by atoms with Crippen molar-refractivity contribution in [3.63, 3.8) is 0 Å². The maximum Gasteiger partial charge on any atom is 0.191 e. The van der Waals surface area contributed by atoms with Gasteiger partial charge in [0.2, 0.25) is 0 Å². The molecule has 0 radical (unpaired) electrons. The van der Waals surface area contributed by atoms with Gasteiger partial charge in [-0.25, -0.2) is 9.38 Å². The highest BCUT2D eigenvalue weighted by Gasteiger charge is 2.10. The molecule has 0 spiro atoms. The molecule has 0 aliphatic heterocycles. The number of ether oxygens (including phenoxy) is 2. The molecular weight excluding hydrogens is 528 g/mol. The van der Waals surface area contributed by atoms with Crippen molar-refractivity contribution < 1.29 is 13.9 Å². The van der Waals surface area contributed by atoms with Gasteiger partial charge in [-0.05, 0) is 58.2 Å². The Balaban J connectivity index is 0.00000364. The van der Waals surface area contributed by atoms with E-state index in [1.165, 1.54) is 12.1 Å². The lowest BCUT2D eigenvalue weighted by molar-refractivity contribution is 0.352. The number of guanidine groups is 1. The van der Waals surface area contributed by atoms with E-state index in [0.29, 0.717) is 30.5 Å². The standard InChI is InChI=1S/C19H23BrFN3O2.HI/c1-4-22-19(23-11-13-5-7-15(21)8-6-13)24-12-14-9-16(20)18(26-3)17(10-14)25-2;/h5-10H,4,11-12H2,1-3H3,(H2,22,23,24);1H. The second-order valence-electron chi connectivity index (χ2n) is 5.49. The van der Waals surface area contributed by atoms with Crippen LogP contribution in [0.1, 0.15) is 18.1 Å². The maximum absolute atomic E-state index is 13.0. The predicted molar refractivity (Wildman–Crippen MR) is 121 cm³/mol. The van der Waals surface area contributed by atoms with Crippen LogP contribution in [0.15, 0.2) is 45.9 Å². The van der Waals surface area contributed by atoms with Crippen LogP contribution in [0.3, 0.4) is 0 Å². The zero-order valence-corrected chi connectivity index (χ0v) is 19.4. The average Bonchev–Trinajstić information content (AvgIpc) is 2.64. The Morgan fingerprint density at radius 2 is 1.78 bits per heavy atom. The van der Waals surface area contributed by atoms with Crippen LogP contribution in [0.5, 0.6) is 11.5 Å². The number of hydrogen-bond donors (Lipinski definition) is 2. The highest BCUT2D eigenvalue weighted by atomic mass is 127. The third-order valence-corrected chi connectivity index (χ3v) is 4.22. The molecule has 0 heterocycles. The van der Waals surface area contributed by atoms with Crippen molar-refractivity contribution >= 4 is 45.9 Å². The van der Waals surface area contributed by atoms with Crippen LogP contribution in [-0.2, 0) is 13.1 Å². The quantitative estimate of drug-likeness (QED) is 0.303. The average molecular weight is 552 g/mol. The smallest absolute Gasteiger partial charge is 0.191 e. The molecule has 0 bridgehead atoms. The molecule has 0 aromatic heterocycles. The molecule has 0 aliphatic carbocycles. The van der Waals surface area contributed by atoms with E-state index in [1.807, 2.05) is 19.1 Å². The summed E-state index contributed by atoms with van der Waals surface area (Å²) in [5, 5.41) is 6.44. The first-order valence-electron chi connectivity index (χ1n) is 8.24. The number of halogens is 3. The lowest BCUT2D eigenvalue weighted by Gasteiger charge is -2.13. The SMILES string of the molecule is CCNC(=NCc1cc(Br)c(OC)c(OC)c1)NCc1ccc(F)cc1.I. The lowest BCUT2D eigenvalue weighted by atomic mass is 10.2. The highest BCUT2D eigenvalue weighted by molar-refractivity contribution is 14.0. The molecule has 0 saturated carbocycles. The van der Waals surface area contributed by atoms with Crippen molar-refractivity contribution in [2.75, 3.05) is 20.8 Å². The molecule has 0 amide bonds. The topological polar surface area (TPSA) is 54.9 Å². The second-order valence-corrected chi connectivity index (χ2v) is 6.34. The minimum atomic E-state index is -0.242. The number of methoxy groups -OCH3 is 2. The van der Waals surface area contributed by atoms with Crippen LogP contribution in [0.4, 0.5) is 4.39 Å². The van der Waals surface area contributed by atoms with Gasteiger partial charge in [0.1, 0.15) is 5.82 Å². The van der Waals surface area contributed by atoms with Crippen molar-refractivity contribution in [3.8, 4) is 11.5 Å². The number of rotatable bonds is 7. The van der Waals surface area contributed by atoms with E-state index in [1.54, 1.807) is 26.4 Å². The number of hydrogen-bond acceptors (Lipinski definition) is 3. The van der Waals surface area contributed by atoms with Gasteiger partial charge in [-0.3, -0.25) is 0 Å². The summed E-state index contributed by atoms with van der Waals surface area (Å²) in [6.45, 7) is 3.77. The van der Waals surface area contributed by atoms with Gasteiger partial charge in [0.15, 0.2) is 17.5 Å². The summed E-state index contributed by atoms with van der Waals surface area (Å²) in [6, 6.07) is 10.2. The molecule has 27 heavy (non-hydrogen) atoms. The van der Waals surface area contributed by atoms with E-state index in [-0.39, 0.29) is 29.8 Å². The highest BCUT2D eigenvalue weighted by Crippen LogP contribution is 2.36. The monoisotopic (exact) mass is 551 g/mol. The van der Waals surface area contributed by atoms with Crippen LogP contribution < -0.4 is 20.1 Å². The fourth-order valence-corrected chi connectivity index (χ4v) is 3.01. The van der Waals surface area contributed by atoms with Crippen molar-refractivity contribution in [2.24, 2.45) is 4.99 Å². The minimum absolute atomic E-state index is 0. The molecule has 2 rings (SSSR count). The Bertz CT molecular complexity index is 757. The van der Waals surface area contributed by atoms with Crippen LogP contribution in [0.25, 0.3) is 0 Å². The lowest BCUT2D eigenvalue weighted by Crippen LogP contribution is -2.36. The second kappa shape index (κ2) is 12.0. The van der Waals surface area contributed by atoms with E-state index in [2.05, 4.69) is 31.6 Å². The third kappa shape index (κ3) is 7.17. The normalized spacial score (nSPS) is 10.8. The summed E-state index contributed by atoms with van der Waals surface area (Å²) in [5.74, 6) is 1.74. The van der Waals surface area contributed by atoms with Crippen molar-refractivity contribution in [1.29, 1.82) is 0 Å².